The summed E-state index contributed by atoms with van der Waals surface area (Å²) in [5.74, 6) is 0.949. The summed E-state index contributed by atoms with van der Waals surface area (Å²) in [5, 5.41) is 7.08. The van der Waals surface area contributed by atoms with Crippen molar-refractivity contribution in [2.45, 2.75) is 19.3 Å². The molecular weight excluding hydrogens is 545 g/mol. The Labute approximate surface area is 207 Å². The van der Waals surface area contributed by atoms with Gasteiger partial charge in [-0.2, -0.15) is 4.31 Å². The molecule has 0 saturated carbocycles. The molecule has 11 heteroatoms. The SMILES string of the molecule is CN=C(NCC(C)COCc1ccccc1)N1CCN(S(=O)(=O)Cc2ccon2)CC1.I. The van der Waals surface area contributed by atoms with Crippen molar-refractivity contribution in [3.8, 4) is 0 Å². The Kier molecular flexibility index (Phi) is 10.9. The molecule has 9 nitrogen and oxygen atoms in total. The number of sulfonamides is 1. The van der Waals surface area contributed by atoms with Gasteiger partial charge >= 0.3 is 0 Å². The number of aromatic nitrogens is 1. The molecular formula is C21H32IN5O4S. The number of benzene rings is 1. The summed E-state index contributed by atoms with van der Waals surface area (Å²) >= 11 is 0. The van der Waals surface area contributed by atoms with Crippen molar-refractivity contribution >= 4 is 40.0 Å². The molecule has 0 radical (unpaired) electrons. The van der Waals surface area contributed by atoms with E-state index in [2.05, 4.69) is 39.4 Å². The standard InChI is InChI=1S/C21H31N5O4S.HI/c1-18(15-29-16-19-6-4-3-5-7-19)14-23-21(22-2)25-9-11-26(12-10-25)31(27,28)17-20-8-13-30-24-20;/h3-8,13,18H,9-12,14-17H2,1-2H3,(H,22,23);1H. The summed E-state index contributed by atoms with van der Waals surface area (Å²) < 4.78 is 37.2. The Bertz CT molecular complexity index is 917. The normalized spacial score (nSPS) is 16.4. The van der Waals surface area contributed by atoms with Crippen molar-refractivity contribution in [2.24, 2.45) is 10.9 Å². The summed E-state index contributed by atoms with van der Waals surface area (Å²) in [6, 6.07) is 11.7. The van der Waals surface area contributed by atoms with E-state index in [0.29, 0.717) is 51.0 Å². The number of nitrogens with zero attached hydrogens (tertiary/aromatic N) is 4. The van der Waals surface area contributed by atoms with Crippen molar-refractivity contribution < 1.29 is 17.7 Å². The first-order valence-corrected chi connectivity index (χ1v) is 12.0. The van der Waals surface area contributed by atoms with Gasteiger partial charge in [0.2, 0.25) is 10.0 Å². The van der Waals surface area contributed by atoms with E-state index < -0.39 is 10.0 Å². The summed E-state index contributed by atoms with van der Waals surface area (Å²) in [5.41, 5.74) is 1.58. The third-order valence-corrected chi connectivity index (χ3v) is 6.90. The molecule has 1 atom stereocenters. The van der Waals surface area contributed by atoms with E-state index in [0.717, 1.165) is 18.1 Å². The second-order valence-electron chi connectivity index (χ2n) is 7.67. The molecule has 178 valence electrons. The molecule has 3 rings (SSSR count). The number of ether oxygens (including phenoxy) is 1. The molecule has 1 aromatic carbocycles. The summed E-state index contributed by atoms with van der Waals surface area (Å²) in [6.07, 6.45) is 1.38. The minimum absolute atomic E-state index is 0. The van der Waals surface area contributed by atoms with E-state index in [1.54, 1.807) is 13.1 Å². The summed E-state index contributed by atoms with van der Waals surface area (Å²) in [4.78, 5) is 6.44. The highest BCUT2D eigenvalue weighted by Crippen LogP contribution is 2.13. The lowest BCUT2D eigenvalue weighted by molar-refractivity contribution is 0.0928. The second-order valence-corrected chi connectivity index (χ2v) is 9.64. The van der Waals surface area contributed by atoms with Gasteiger partial charge in [-0.1, -0.05) is 42.4 Å². The summed E-state index contributed by atoms with van der Waals surface area (Å²) in [7, 11) is -1.67. The number of guanidine groups is 1. The fraction of sp³-hybridized carbons (Fsp3) is 0.524. The molecule has 0 bridgehead atoms. The molecule has 1 unspecified atom stereocenters. The van der Waals surface area contributed by atoms with Gasteiger partial charge in [0.05, 0.1) is 18.9 Å². The topological polar surface area (TPSA) is 100 Å². The van der Waals surface area contributed by atoms with Gasteiger partial charge in [-0.3, -0.25) is 4.99 Å². The fourth-order valence-corrected chi connectivity index (χ4v) is 4.80. The molecule has 2 heterocycles. The lowest BCUT2D eigenvalue weighted by Gasteiger charge is -2.36. The number of aliphatic imine (C=N–C) groups is 1. The Morgan fingerprint density at radius 2 is 1.94 bits per heavy atom. The monoisotopic (exact) mass is 577 g/mol. The van der Waals surface area contributed by atoms with Crippen LogP contribution in [0.15, 0.2) is 52.2 Å². The average molecular weight is 577 g/mol. The van der Waals surface area contributed by atoms with Crippen LogP contribution in [-0.2, 0) is 27.1 Å². The maximum absolute atomic E-state index is 12.6. The van der Waals surface area contributed by atoms with Gasteiger partial charge < -0.3 is 19.5 Å². The lowest BCUT2D eigenvalue weighted by Crippen LogP contribution is -2.54. The van der Waals surface area contributed by atoms with Crippen LogP contribution >= 0.6 is 24.0 Å². The van der Waals surface area contributed by atoms with Crippen LogP contribution in [0.1, 0.15) is 18.2 Å². The fourth-order valence-electron chi connectivity index (χ4n) is 3.38. The second kappa shape index (κ2) is 13.1. The molecule has 1 aliphatic rings. The van der Waals surface area contributed by atoms with Crippen LogP contribution in [0, 0.1) is 5.92 Å². The number of piperazine rings is 1. The third kappa shape index (κ3) is 8.01. The minimum atomic E-state index is -3.41. The third-order valence-electron chi connectivity index (χ3n) is 5.09. The van der Waals surface area contributed by atoms with Gasteiger partial charge in [0, 0.05) is 45.8 Å². The quantitative estimate of drug-likeness (QED) is 0.277. The van der Waals surface area contributed by atoms with E-state index in [1.165, 1.54) is 10.6 Å². The molecule has 0 spiro atoms. The van der Waals surface area contributed by atoms with Gasteiger partial charge in [0.1, 0.15) is 12.0 Å². The maximum Gasteiger partial charge on any atom is 0.220 e. The Balaban J connectivity index is 0.00000363. The highest BCUT2D eigenvalue weighted by Gasteiger charge is 2.29. The molecule has 2 aromatic rings. The van der Waals surface area contributed by atoms with E-state index in [1.807, 2.05) is 18.2 Å². The zero-order chi connectivity index (χ0) is 22.1. The largest absolute Gasteiger partial charge is 0.376 e. The van der Waals surface area contributed by atoms with Crippen LogP contribution in [0.4, 0.5) is 0 Å². The maximum atomic E-state index is 12.6. The van der Waals surface area contributed by atoms with Crippen LogP contribution in [0.25, 0.3) is 0 Å². The first-order chi connectivity index (χ1) is 15.0. The smallest absolute Gasteiger partial charge is 0.220 e. The molecule has 1 N–H and O–H groups in total. The zero-order valence-corrected chi connectivity index (χ0v) is 21.7. The molecule has 1 aromatic heterocycles. The zero-order valence-electron chi connectivity index (χ0n) is 18.5. The Hall–Kier alpha value is -1.70. The van der Waals surface area contributed by atoms with Gasteiger partial charge in [-0.15, -0.1) is 24.0 Å². The Morgan fingerprint density at radius 1 is 1.22 bits per heavy atom. The number of nitrogens with one attached hydrogen (secondary N) is 1. The van der Waals surface area contributed by atoms with Crippen LogP contribution in [0.5, 0.6) is 0 Å². The molecule has 0 aliphatic carbocycles. The molecule has 1 saturated heterocycles. The molecule has 1 fully saturated rings. The van der Waals surface area contributed by atoms with E-state index in [9.17, 15) is 8.42 Å². The molecule has 1 aliphatic heterocycles. The number of hydrogen-bond acceptors (Lipinski definition) is 6. The van der Waals surface area contributed by atoms with Gasteiger partial charge in [-0.25, -0.2) is 8.42 Å². The first-order valence-electron chi connectivity index (χ1n) is 10.4. The van der Waals surface area contributed by atoms with Crippen molar-refractivity contribution in [2.75, 3.05) is 46.4 Å². The first kappa shape index (κ1) is 26.6. The highest BCUT2D eigenvalue weighted by atomic mass is 127. The van der Waals surface area contributed by atoms with Gasteiger partial charge in [-0.05, 0) is 11.5 Å². The molecule has 0 amide bonds. The van der Waals surface area contributed by atoms with E-state index in [-0.39, 0.29) is 29.7 Å². The highest BCUT2D eigenvalue weighted by molar-refractivity contribution is 14.0. The van der Waals surface area contributed by atoms with Crippen molar-refractivity contribution in [3.05, 3.63) is 53.9 Å². The minimum Gasteiger partial charge on any atom is -0.376 e. The van der Waals surface area contributed by atoms with Crippen molar-refractivity contribution in [3.63, 3.8) is 0 Å². The van der Waals surface area contributed by atoms with Crippen LogP contribution in [-0.4, -0.2) is 75.1 Å². The predicted octanol–water partition coefficient (Wildman–Crippen LogP) is 2.17. The van der Waals surface area contributed by atoms with Gasteiger partial charge in [0.25, 0.3) is 0 Å². The number of rotatable bonds is 9. The number of halogens is 1. The predicted molar refractivity (Wildman–Crippen MR) is 134 cm³/mol. The van der Waals surface area contributed by atoms with Crippen molar-refractivity contribution in [1.82, 2.24) is 19.7 Å². The van der Waals surface area contributed by atoms with Crippen LogP contribution < -0.4 is 5.32 Å². The van der Waals surface area contributed by atoms with Gasteiger partial charge in [0.15, 0.2) is 5.96 Å². The van der Waals surface area contributed by atoms with Crippen molar-refractivity contribution in [1.29, 1.82) is 0 Å². The lowest BCUT2D eigenvalue weighted by atomic mass is 10.2. The van der Waals surface area contributed by atoms with E-state index in [4.69, 9.17) is 9.26 Å². The molecule has 32 heavy (non-hydrogen) atoms. The Morgan fingerprint density at radius 3 is 2.56 bits per heavy atom. The van der Waals surface area contributed by atoms with Crippen LogP contribution in [0.2, 0.25) is 0 Å². The average Bonchev–Trinajstić information content (AvgIpc) is 3.27. The van der Waals surface area contributed by atoms with E-state index >= 15 is 0 Å². The number of hydrogen-bond donors (Lipinski definition) is 1. The summed E-state index contributed by atoms with van der Waals surface area (Å²) in [6.45, 7) is 6.09. The van der Waals surface area contributed by atoms with Crippen LogP contribution in [0.3, 0.4) is 0 Å².